The topological polar surface area (TPSA) is 9.23 Å². The minimum Gasteiger partial charge on any atom is -0.326 e. The van der Waals surface area contributed by atoms with Gasteiger partial charge in [-0.05, 0) is 45.4 Å². The van der Waals surface area contributed by atoms with Gasteiger partial charge in [-0.25, -0.2) is 0 Å². The minimum absolute atomic E-state index is 0.590. The van der Waals surface area contributed by atoms with Crippen molar-refractivity contribution in [1.82, 2.24) is 0 Å². The molecule has 1 unspecified atom stereocenters. The van der Waals surface area contributed by atoms with E-state index in [0.717, 1.165) is 18.3 Å². The molecule has 0 rings (SSSR count). The van der Waals surface area contributed by atoms with Crippen LogP contribution in [0.2, 0.25) is 0 Å². The summed E-state index contributed by atoms with van der Waals surface area (Å²) in [5.41, 5.74) is 0. The summed E-state index contributed by atoms with van der Waals surface area (Å²) < 4.78 is 1.79. The maximum atomic E-state index is 5.78. The van der Waals surface area contributed by atoms with Gasteiger partial charge in [0.05, 0.1) is 26.7 Å². The van der Waals surface area contributed by atoms with E-state index in [9.17, 15) is 0 Å². The number of hydroxylamine groups is 3. The number of nitrogens with zero attached hydrogens (tertiary/aromatic N) is 2. The molecule has 30 heavy (non-hydrogen) atoms. The van der Waals surface area contributed by atoms with Crippen molar-refractivity contribution in [3.8, 4) is 0 Å². The van der Waals surface area contributed by atoms with Gasteiger partial charge >= 0.3 is 0 Å². The van der Waals surface area contributed by atoms with Crippen LogP contribution in [0.1, 0.15) is 117 Å². The summed E-state index contributed by atoms with van der Waals surface area (Å²) in [6.07, 6.45) is 20.8. The molecule has 0 saturated carbocycles. The maximum Gasteiger partial charge on any atom is 0.157 e. The van der Waals surface area contributed by atoms with E-state index < -0.39 is 0 Å². The normalized spacial score (nSPS) is 13.4. The highest BCUT2D eigenvalue weighted by atomic mass is 16.7. The predicted molar refractivity (Wildman–Crippen MR) is 134 cm³/mol. The van der Waals surface area contributed by atoms with Crippen molar-refractivity contribution in [2.24, 2.45) is 0 Å². The summed E-state index contributed by atoms with van der Waals surface area (Å²) in [5.74, 6) is 0.803. The molecular weight excluding hydrogens is 368 g/mol. The average Bonchev–Trinajstić information content (AvgIpc) is 2.64. The largest absolute Gasteiger partial charge is 0.326 e. The minimum atomic E-state index is 0.590. The predicted octanol–water partition coefficient (Wildman–Crippen LogP) is 7.86. The SMILES string of the molecule is C=C(C)O[N+](C)(C)CCCCCC(CC)[N+](C)(C)CCCCCCCCCCCC. The number of quaternary nitrogens is 2. The van der Waals surface area contributed by atoms with Crippen LogP contribution in [0.3, 0.4) is 0 Å². The van der Waals surface area contributed by atoms with E-state index in [0.29, 0.717) is 4.65 Å². The molecule has 3 heteroatoms. The first kappa shape index (κ1) is 29.5. The second-order valence-electron chi connectivity index (χ2n) is 10.7. The monoisotopic (exact) mass is 426 g/mol. The number of hydrogen-bond donors (Lipinski definition) is 0. The van der Waals surface area contributed by atoms with Gasteiger partial charge < -0.3 is 9.32 Å². The van der Waals surface area contributed by atoms with Crippen LogP contribution in [-0.4, -0.2) is 56.5 Å². The Kier molecular flexibility index (Phi) is 16.8. The second-order valence-corrected chi connectivity index (χ2v) is 10.7. The van der Waals surface area contributed by atoms with Crippen molar-refractivity contribution in [1.29, 1.82) is 0 Å². The summed E-state index contributed by atoms with van der Waals surface area (Å²) in [6.45, 7) is 12.9. The molecule has 180 valence electrons. The molecular formula is C27H58N2O+2. The average molecular weight is 427 g/mol. The number of allylic oxidation sites excluding steroid dienone is 1. The Morgan fingerprint density at radius 1 is 0.700 bits per heavy atom. The molecule has 0 radical (unpaired) electrons. The smallest absolute Gasteiger partial charge is 0.157 e. The van der Waals surface area contributed by atoms with Crippen molar-refractivity contribution in [2.45, 2.75) is 123 Å². The van der Waals surface area contributed by atoms with Gasteiger partial charge in [0.1, 0.15) is 20.6 Å². The molecule has 0 amide bonds. The van der Waals surface area contributed by atoms with Gasteiger partial charge in [-0.2, -0.15) is 0 Å². The molecule has 0 heterocycles. The molecule has 0 aromatic heterocycles. The molecule has 0 aliphatic carbocycles. The Hall–Kier alpha value is -0.540. The van der Waals surface area contributed by atoms with Crippen LogP contribution >= 0.6 is 0 Å². The molecule has 0 aliphatic heterocycles. The Labute approximate surface area is 191 Å². The highest BCUT2D eigenvalue weighted by Crippen LogP contribution is 2.20. The van der Waals surface area contributed by atoms with Gasteiger partial charge in [0.15, 0.2) is 5.76 Å². The molecule has 0 fully saturated rings. The van der Waals surface area contributed by atoms with Crippen molar-refractivity contribution in [2.75, 3.05) is 41.3 Å². The Morgan fingerprint density at radius 3 is 1.67 bits per heavy atom. The standard InChI is InChI=1S/C27H58N2O/c1-9-11-12-13-14-15-16-17-18-21-24-28(5,6)27(10-2)23-20-19-22-25-29(7,8)30-26(3)4/h27H,3,9-25H2,1-2,4-8H3/q+2. The van der Waals surface area contributed by atoms with Crippen molar-refractivity contribution in [3.05, 3.63) is 12.3 Å². The van der Waals surface area contributed by atoms with E-state index in [1.807, 2.05) is 6.92 Å². The first-order valence-electron chi connectivity index (χ1n) is 13.2. The van der Waals surface area contributed by atoms with Crippen LogP contribution in [-0.2, 0) is 4.84 Å². The highest BCUT2D eigenvalue weighted by molar-refractivity contribution is 4.70. The summed E-state index contributed by atoms with van der Waals surface area (Å²) >= 11 is 0. The van der Waals surface area contributed by atoms with Crippen LogP contribution in [0.25, 0.3) is 0 Å². The molecule has 0 aromatic rings. The van der Waals surface area contributed by atoms with Gasteiger partial charge in [0.2, 0.25) is 0 Å². The summed E-state index contributed by atoms with van der Waals surface area (Å²) in [5, 5.41) is 0. The van der Waals surface area contributed by atoms with E-state index in [4.69, 9.17) is 4.84 Å². The molecule has 1 atom stereocenters. The maximum absolute atomic E-state index is 5.78. The lowest BCUT2D eigenvalue weighted by Gasteiger charge is -2.38. The van der Waals surface area contributed by atoms with E-state index in [1.165, 1.54) is 107 Å². The van der Waals surface area contributed by atoms with Gasteiger partial charge in [0.25, 0.3) is 0 Å². The number of rotatable bonds is 21. The zero-order valence-electron chi connectivity index (χ0n) is 22.1. The lowest BCUT2D eigenvalue weighted by molar-refractivity contribution is -1.07. The van der Waals surface area contributed by atoms with Crippen molar-refractivity contribution >= 4 is 0 Å². The lowest BCUT2D eigenvalue weighted by Crippen LogP contribution is -2.49. The summed E-state index contributed by atoms with van der Waals surface area (Å²) in [7, 11) is 9.16. The quantitative estimate of drug-likeness (QED) is 0.0785. The molecule has 0 N–H and O–H groups in total. The van der Waals surface area contributed by atoms with Crippen molar-refractivity contribution < 1.29 is 14.0 Å². The van der Waals surface area contributed by atoms with Crippen LogP contribution in [0.5, 0.6) is 0 Å². The Morgan fingerprint density at radius 2 is 1.17 bits per heavy atom. The zero-order chi connectivity index (χ0) is 22.9. The van der Waals surface area contributed by atoms with Crippen LogP contribution in [0, 0.1) is 0 Å². The Balaban J connectivity index is 3.90. The first-order valence-corrected chi connectivity index (χ1v) is 13.2. The van der Waals surface area contributed by atoms with Gasteiger partial charge in [-0.1, -0.05) is 71.8 Å². The Bertz CT molecular complexity index is 417. The van der Waals surface area contributed by atoms with E-state index in [2.05, 4.69) is 48.6 Å². The fourth-order valence-corrected chi connectivity index (χ4v) is 4.75. The molecule has 0 saturated heterocycles. The second kappa shape index (κ2) is 17.1. The van der Waals surface area contributed by atoms with Crippen LogP contribution < -0.4 is 0 Å². The summed E-state index contributed by atoms with van der Waals surface area (Å²) in [4.78, 5) is 5.78. The molecule has 0 aliphatic rings. The van der Waals surface area contributed by atoms with Crippen LogP contribution in [0.4, 0.5) is 0 Å². The molecule has 0 bridgehead atoms. The van der Waals surface area contributed by atoms with Gasteiger partial charge in [-0.15, -0.1) is 4.65 Å². The summed E-state index contributed by atoms with van der Waals surface area (Å²) in [6, 6.07) is 0.803. The molecule has 3 nitrogen and oxygen atoms in total. The van der Waals surface area contributed by atoms with Gasteiger partial charge in [-0.3, -0.25) is 0 Å². The highest BCUT2D eigenvalue weighted by Gasteiger charge is 2.25. The van der Waals surface area contributed by atoms with Crippen LogP contribution in [0.15, 0.2) is 12.3 Å². The fourth-order valence-electron chi connectivity index (χ4n) is 4.75. The number of unbranched alkanes of at least 4 members (excludes halogenated alkanes) is 11. The fraction of sp³-hybridized carbons (Fsp3) is 0.926. The number of hydrogen-bond acceptors (Lipinski definition) is 1. The van der Waals surface area contributed by atoms with E-state index in [1.54, 1.807) is 0 Å². The lowest BCUT2D eigenvalue weighted by atomic mass is 10.0. The molecule has 0 spiro atoms. The third kappa shape index (κ3) is 16.2. The zero-order valence-corrected chi connectivity index (χ0v) is 22.1. The van der Waals surface area contributed by atoms with Gasteiger partial charge in [0, 0.05) is 6.42 Å². The van der Waals surface area contributed by atoms with Crippen molar-refractivity contribution in [3.63, 3.8) is 0 Å². The van der Waals surface area contributed by atoms with E-state index in [-0.39, 0.29) is 0 Å². The third-order valence-electron chi connectivity index (χ3n) is 6.68. The molecule has 0 aromatic carbocycles. The third-order valence-corrected chi connectivity index (χ3v) is 6.68. The van der Waals surface area contributed by atoms with E-state index >= 15 is 0 Å². The first-order chi connectivity index (χ1) is 14.1.